The summed E-state index contributed by atoms with van der Waals surface area (Å²) in [5.74, 6) is -0.677. The van der Waals surface area contributed by atoms with E-state index in [1.54, 1.807) is 24.3 Å². The minimum absolute atomic E-state index is 0.0113. The number of benzene rings is 1. The van der Waals surface area contributed by atoms with E-state index in [1.807, 2.05) is 19.9 Å². The zero-order valence-corrected chi connectivity index (χ0v) is 31.6. The summed E-state index contributed by atoms with van der Waals surface area (Å²) in [4.78, 5) is 38.2. The molecular weight excluding hydrogens is 668 g/mol. The van der Waals surface area contributed by atoms with Gasteiger partial charge in [0.15, 0.2) is 23.8 Å². The highest BCUT2D eigenvalue weighted by Crippen LogP contribution is 2.63. The van der Waals surface area contributed by atoms with Gasteiger partial charge in [0, 0.05) is 37.5 Å². The largest absolute Gasteiger partial charge is 0.459 e. The molecule has 288 valence electrons. The first-order chi connectivity index (χ1) is 24.8. The molecule has 11 rings (SSSR count). The molecule has 0 amide bonds. The quantitative estimate of drug-likeness (QED) is 0.235. The summed E-state index contributed by atoms with van der Waals surface area (Å²) in [7, 11) is 0. The number of carbonyl (C=O) groups is 1. The summed E-state index contributed by atoms with van der Waals surface area (Å²) < 4.78 is 33.2. The molecule has 2 spiro atoms. The fourth-order valence-corrected chi connectivity index (χ4v) is 12.2. The second kappa shape index (κ2) is 12.7. The van der Waals surface area contributed by atoms with Gasteiger partial charge in [-0.1, -0.05) is 45.9 Å². The van der Waals surface area contributed by atoms with Crippen molar-refractivity contribution in [2.45, 2.75) is 159 Å². The van der Waals surface area contributed by atoms with Crippen LogP contribution in [0.2, 0.25) is 0 Å². The van der Waals surface area contributed by atoms with Gasteiger partial charge >= 0.3 is 5.97 Å². The van der Waals surface area contributed by atoms with E-state index in [9.17, 15) is 9.90 Å². The SMILES string of the molecule is C[C@H]1[C@@H](CC(O)(COC(=O)c2ccccc2)C[C@H]2O[C@@H]3O[C@@]4(C)CC[C@H]5[C@H](C)CC[C@@H]([C@H]2C)[C@@]35OO4)O[C@@H]2O[C@@]3(C)CC[C@H]4[C@H](C)CC[C@@H]1[C@@]24OO3. The minimum atomic E-state index is -1.49. The van der Waals surface area contributed by atoms with Crippen LogP contribution in [0.1, 0.15) is 116 Å². The highest BCUT2D eigenvalue weighted by molar-refractivity contribution is 5.89. The van der Waals surface area contributed by atoms with Gasteiger partial charge in [-0.3, -0.25) is 0 Å². The van der Waals surface area contributed by atoms with E-state index >= 15 is 0 Å². The maximum Gasteiger partial charge on any atom is 0.338 e. The number of ether oxygens (including phenoxy) is 5. The van der Waals surface area contributed by atoms with Crippen molar-refractivity contribution in [1.29, 1.82) is 0 Å². The molecule has 8 aliphatic heterocycles. The Balaban J connectivity index is 1.02. The average molecular weight is 727 g/mol. The first-order valence-electron chi connectivity index (χ1n) is 20.1. The topological polar surface area (TPSA) is 120 Å². The Morgan fingerprint density at radius 2 is 1.19 bits per heavy atom. The molecule has 16 atom stereocenters. The van der Waals surface area contributed by atoms with Crippen molar-refractivity contribution in [3.8, 4) is 0 Å². The molecule has 2 saturated carbocycles. The first kappa shape index (κ1) is 36.0. The molecule has 8 heterocycles. The molecule has 10 aliphatic rings. The third-order valence-corrected chi connectivity index (χ3v) is 15.2. The molecule has 11 nitrogen and oxygen atoms in total. The second-order valence-corrected chi connectivity index (χ2v) is 18.5. The second-order valence-electron chi connectivity index (χ2n) is 18.5. The van der Waals surface area contributed by atoms with E-state index < -0.39 is 59.1 Å². The molecule has 0 radical (unpaired) electrons. The molecule has 1 aromatic carbocycles. The lowest BCUT2D eigenvalue weighted by Crippen LogP contribution is -2.71. The maximum absolute atomic E-state index is 13.3. The highest BCUT2D eigenvalue weighted by Gasteiger charge is 2.71. The molecular formula is C41H58O11. The minimum Gasteiger partial charge on any atom is -0.459 e. The summed E-state index contributed by atoms with van der Waals surface area (Å²) in [6.45, 7) is 12.7. The predicted octanol–water partition coefficient (Wildman–Crippen LogP) is 6.86. The molecule has 0 unspecified atom stereocenters. The number of carbonyl (C=O) groups excluding carboxylic acids is 1. The van der Waals surface area contributed by atoms with Crippen LogP contribution in [0, 0.1) is 47.3 Å². The number of hydrogen-bond acceptors (Lipinski definition) is 11. The normalized spacial score (nSPS) is 51.7. The lowest BCUT2D eigenvalue weighted by molar-refractivity contribution is -0.572. The van der Waals surface area contributed by atoms with Crippen molar-refractivity contribution in [2.24, 2.45) is 47.3 Å². The lowest BCUT2D eigenvalue weighted by atomic mass is 9.56. The average Bonchev–Trinajstić information content (AvgIpc) is 3.50. The highest BCUT2D eigenvalue weighted by atomic mass is 17.3. The molecule has 11 heteroatoms. The van der Waals surface area contributed by atoms with Crippen LogP contribution in [0.5, 0.6) is 0 Å². The van der Waals surface area contributed by atoms with E-state index in [2.05, 4.69) is 27.7 Å². The standard InChI is InChI=1S/C41H58O11/c1-23-12-14-30-25(3)32(45-35-40(30)28(23)16-18-37(5,47-35)49-51-40)20-39(43,22-44-34(42)27-10-8-7-9-11-27)21-33-26(4)31-15-13-24(2)29-17-19-38(6)48-36(46-33)41(29,31)52-50-38/h7-11,23-26,28-33,35-36,43H,12-22H2,1-6H3/t23-,24-,25-,26-,28+,29+,30+,31+,32-,33-,35-,36-,37-,38-,40-,41-/m1/s1. The van der Waals surface area contributed by atoms with Crippen LogP contribution in [0.4, 0.5) is 0 Å². The zero-order valence-electron chi connectivity index (χ0n) is 31.6. The van der Waals surface area contributed by atoms with Crippen LogP contribution < -0.4 is 0 Å². The van der Waals surface area contributed by atoms with Crippen molar-refractivity contribution in [2.75, 3.05) is 6.61 Å². The van der Waals surface area contributed by atoms with Crippen molar-refractivity contribution in [1.82, 2.24) is 0 Å². The Bertz CT molecular complexity index is 1430. The van der Waals surface area contributed by atoms with Crippen molar-refractivity contribution >= 4 is 5.97 Å². The Kier molecular flexibility index (Phi) is 8.78. The van der Waals surface area contributed by atoms with Gasteiger partial charge in [0.1, 0.15) is 12.2 Å². The van der Waals surface area contributed by atoms with Crippen LogP contribution in [-0.4, -0.2) is 70.8 Å². The summed E-state index contributed by atoms with van der Waals surface area (Å²) in [6.07, 6.45) is 5.81. The van der Waals surface area contributed by atoms with E-state index in [4.69, 9.17) is 43.2 Å². The molecule has 1 N–H and O–H groups in total. The molecule has 4 bridgehead atoms. The monoisotopic (exact) mass is 726 g/mol. The van der Waals surface area contributed by atoms with Crippen LogP contribution in [0.3, 0.4) is 0 Å². The van der Waals surface area contributed by atoms with Gasteiger partial charge < -0.3 is 28.8 Å². The molecule has 8 saturated heterocycles. The smallest absolute Gasteiger partial charge is 0.338 e. The van der Waals surface area contributed by atoms with E-state index in [-0.39, 0.29) is 55.0 Å². The van der Waals surface area contributed by atoms with Gasteiger partial charge in [-0.25, -0.2) is 24.3 Å². The fraction of sp³-hybridized carbons (Fsp3) is 0.829. The number of hydrogen-bond donors (Lipinski definition) is 1. The van der Waals surface area contributed by atoms with Gasteiger partial charge in [-0.15, -0.1) is 0 Å². The van der Waals surface area contributed by atoms with Gasteiger partial charge in [-0.2, -0.15) is 0 Å². The maximum atomic E-state index is 13.3. The summed E-state index contributed by atoms with van der Waals surface area (Å²) in [5.41, 5.74) is -2.47. The van der Waals surface area contributed by atoms with E-state index in [0.29, 0.717) is 17.4 Å². The van der Waals surface area contributed by atoms with Gasteiger partial charge in [0.25, 0.3) is 0 Å². The summed E-state index contributed by atoms with van der Waals surface area (Å²) in [6, 6.07) is 8.92. The number of aliphatic hydroxyl groups is 1. The van der Waals surface area contributed by atoms with E-state index in [1.165, 1.54) is 0 Å². The summed E-state index contributed by atoms with van der Waals surface area (Å²) >= 11 is 0. The van der Waals surface area contributed by atoms with Crippen LogP contribution >= 0.6 is 0 Å². The van der Waals surface area contributed by atoms with E-state index in [0.717, 1.165) is 51.4 Å². The molecule has 1 aromatic rings. The molecule has 0 aromatic heterocycles. The Morgan fingerprint density at radius 3 is 1.67 bits per heavy atom. The van der Waals surface area contributed by atoms with Crippen LogP contribution in [-0.2, 0) is 43.2 Å². The van der Waals surface area contributed by atoms with Crippen molar-refractivity contribution in [3.63, 3.8) is 0 Å². The first-order valence-corrected chi connectivity index (χ1v) is 20.1. The molecule has 2 aliphatic carbocycles. The summed E-state index contributed by atoms with van der Waals surface area (Å²) in [5, 5.41) is 12.9. The molecule has 52 heavy (non-hydrogen) atoms. The third kappa shape index (κ3) is 5.50. The predicted molar refractivity (Wildman–Crippen MR) is 185 cm³/mol. The molecule has 10 fully saturated rings. The van der Waals surface area contributed by atoms with Crippen molar-refractivity contribution < 1.29 is 53.1 Å². The number of esters is 1. The van der Waals surface area contributed by atoms with Gasteiger partial charge in [-0.05, 0) is 100 Å². The zero-order chi connectivity index (χ0) is 36.3. The number of rotatable bonds is 7. The lowest BCUT2D eigenvalue weighted by Gasteiger charge is -2.61. The Morgan fingerprint density at radius 1 is 0.712 bits per heavy atom. The number of fused-ring (bicyclic) bond motifs is 4. The fourth-order valence-electron chi connectivity index (χ4n) is 12.2. The third-order valence-electron chi connectivity index (χ3n) is 15.2. The van der Waals surface area contributed by atoms with Crippen LogP contribution in [0.25, 0.3) is 0 Å². The Hall–Kier alpha value is -1.67. The van der Waals surface area contributed by atoms with Gasteiger partial charge in [0.05, 0.1) is 17.8 Å². The van der Waals surface area contributed by atoms with Crippen LogP contribution in [0.15, 0.2) is 30.3 Å². The Labute approximate surface area is 307 Å². The van der Waals surface area contributed by atoms with Gasteiger partial charge in [0.2, 0.25) is 11.6 Å². The van der Waals surface area contributed by atoms with Crippen molar-refractivity contribution in [3.05, 3.63) is 35.9 Å².